The van der Waals surface area contributed by atoms with Gasteiger partial charge in [0.05, 0.1) is 6.04 Å². The molecule has 0 bridgehead atoms. The molecule has 5 heterocycles. The monoisotopic (exact) mass is 581 g/mol. The lowest BCUT2D eigenvalue weighted by Gasteiger charge is -2.39. The molecule has 6 rings (SSSR count). The Balaban J connectivity index is 1.36. The Bertz CT molecular complexity index is 1380. The molecule has 1 N–H and O–H groups in total. The van der Waals surface area contributed by atoms with E-state index in [9.17, 15) is 18.4 Å². The lowest BCUT2D eigenvalue weighted by molar-refractivity contribution is -0.0494. The maximum atomic E-state index is 13.8. The molecule has 2 aromatic rings. The van der Waals surface area contributed by atoms with E-state index in [1.807, 2.05) is 31.9 Å². The summed E-state index contributed by atoms with van der Waals surface area (Å²) in [5.41, 5.74) is 5.90. The number of piperidine rings is 1. The number of fused-ring (bicyclic) bond motifs is 2. The van der Waals surface area contributed by atoms with Gasteiger partial charge < -0.3 is 24.8 Å². The van der Waals surface area contributed by atoms with Gasteiger partial charge in [-0.1, -0.05) is 13.0 Å². The summed E-state index contributed by atoms with van der Waals surface area (Å²) < 4.78 is 33.4. The lowest BCUT2D eigenvalue weighted by Crippen LogP contribution is -2.50. The number of rotatable bonds is 2. The average Bonchev–Trinajstić information content (AvgIpc) is 3.58. The van der Waals surface area contributed by atoms with Gasteiger partial charge in [0.2, 0.25) is 0 Å². The van der Waals surface area contributed by atoms with Crippen LogP contribution in [0.1, 0.15) is 87.6 Å². The fourth-order valence-corrected chi connectivity index (χ4v) is 6.70. The Kier molecular flexibility index (Phi) is 7.30. The number of benzene rings is 1. The Morgan fingerprint density at radius 3 is 2.50 bits per heavy atom. The van der Waals surface area contributed by atoms with Gasteiger partial charge in [0.25, 0.3) is 5.92 Å². The van der Waals surface area contributed by atoms with Crippen molar-refractivity contribution < 1.29 is 23.1 Å². The number of nitrogens with zero attached hydrogens (tertiary/aromatic N) is 4. The van der Waals surface area contributed by atoms with Gasteiger partial charge in [-0.15, -0.1) is 0 Å². The number of aromatic nitrogens is 1. The molecule has 4 aliphatic heterocycles. The maximum Gasteiger partial charge on any atom is 0.410 e. The third-order valence-corrected chi connectivity index (χ3v) is 9.01. The van der Waals surface area contributed by atoms with Crippen molar-refractivity contribution in [3.63, 3.8) is 0 Å². The van der Waals surface area contributed by atoms with Crippen LogP contribution < -0.4 is 5.32 Å². The predicted molar refractivity (Wildman–Crippen MR) is 157 cm³/mol. The van der Waals surface area contributed by atoms with Crippen LogP contribution in [-0.2, 0) is 17.7 Å². The third-order valence-electron chi connectivity index (χ3n) is 9.01. The lowest BCUT2D eigenvalue weighted by atomic mass is 9.86. The molecule has 4 aliphatic rings. The number of likely N-dealkylation sites (tertiary alicyclic amines) is 2. The summed E-state index contributed by atoms with van der Waals surface area (Å²) in [5, 5.41) is 3.37. The first-order valence-electron chi connectivity index (χ1n) is 15.2. The van der Waals surface area contributed by atoms with Crippen molar-refractivity contribution in [3.05, 3.63) is 46.6 Å². The van der Waals surface area contributed by atoms with Crippen molar-refractivity contribution in [3.8, 4) is 11.1 Å². The van der Waals surface area contributed by atoms with Gasteiger partial charge in [0.15, 0.2) is 0 Å². The zero-order valence-electron chi connectivity index (χ0n) is 25.0. The van der Waals surface area contributed by atoms with E-state index in [0.29, 0.717) is 32.0 Å². The second-order valence-corrected chi connectivity index (χ2v) is 13.3. The minimum Gasteiger partial charge on any atom is -0.444 e. The third kappa shape index (κ3) is 5.64. The molecule has 226 valence electrons. The molecule has 1 unspecified atom stereocenters. The molecule has 8 nitrogen and oxygen atoms in total. The van der Waals surface area contributed by atoms with Crippen molar-refractivity contribution in [2.45, 2.75) is 89.8 Å². The van der Waals surface area contributed by atoms with Crippen LogP contribution in [0.3, 0.4) is 0 Å². The van der Waals surface area contributed by atoms with Crippen LogP contribution in [0.2, 0.25) is 0 Å². The second-order valence-electron chi connectivity index (χ2n) is 13.3. The number of carbonyl (C=O) groups excluding carboxylic acids is 2. The summed E-state index contributed by atoms with van der Waals surface area (Å²) in [6.45, 7) is 10.3. The van der Waals surface area contributed by atoms with E-state index in [1.54, 1.807) is 9.80 Å². The number of hydrogen-bond donors (Lipinski definition) is 1. The zero-order chi connectivity index (χ0) is 29.8. The molecule has 0 saturated carbocycles. The molecule has 1 aromatic heterocycles. The van der Waals surface area contributed by atoms with E-state index in [4.69, 9.17) is 9.72 Å². The van der Waals surface area contributed by atoms with Crippen LogP contribution in [0.5, 0.6) is 0 Å². The number of hydrogen-bond acceptors (Lipinski definition) is 5. The molecular formula is C32H41F2N5O3. The van der Waals surface area contributed by atoms with E-state index < -0.39 is 11.5 Å². The molecule has 0 aliphatic carbocycles. The molecular weight excluding hydrogens is 540 g/mol. The smallest absolute Gasteiger partial charge is 0.410 e. The fourth-order valence-electron chi connectivity index (χ4n) is 6.70. The van der Waals surface area contributed by atoms with Gasteiger partial charge in [0.1, 0.15) is 11.4 Å². The fraction of sp³-hybridized carbons (Fsp3) is 0.594. The Morgan fingerprint density at radius 2 is 1.76 bits per heavy atom. The summed E-state index contributed by atoms with van der Waals surface area (Å²) in [6.07, 6.45) is 3.29. The summed E-state index contributed by atoms with van der Waals surface area (Å²) >= 11 is 0. The summed E-state index contributed by atoms with van der Waals surface area (Å²) in [5.74, 6) is -1.40. The number of carbonyl (C=O) groups is 2. The van der Waals surface area contributed by atoms with Gasteiger partial charge in [-0.2, -0.15) is 0 Å². The molecule has 0 spiro atoms. The highest BCUT2D eigenvalue weighted by molar-refractivity contribution is 5.76. The van der Waals surface area contributed by atoms with E-state index in [1.165, 1.54) is 5.56 Å². The topological polar surface area (TPSA) is 78.0 Å². The largest absolute Gasteiger partial charge is 0.444 e. The predicted octanol–water partition coefficient (Wildman–Crippen LogP) is 6.56. The standard InChI is InChI=1S/C32H41F2N5O3/c1-20-17-35-28-24(20)16-23(18-36-28)22-14-21-7-11-38(29(40)37-12-8-32(33,34)9-13-37)19-26(21)25(15-22)27-6-5-10-39(27)30(41)42-31(2,3)4/h14-16,18,20,27H,5-13,17,19H2,1-4H3,(H,35,36)/t20?,27-/m0/s1. The molecule has 2 atom stereocenters. The van der Waals surface area contributed by atoms with Crippen molar-refractivity contribution in [1.29, 1.82) is 0 Å². The number of ether oxygens (including phenoxy) is 1. The van der Waals surface area contributed by atoms with Crippen molar-refractivity contribution in [2.24, 2.45) is 0 Å². The van der Waals surface area contributed by atoms with Gasteiger partial charge in [0, 0.05) is 69.8 Å². The van der Waals surface area contributed by atoms with Gasteiger partial charge in [-0.05, 0) is 80.0 Å². The van der Waals surface area contributed by atoms with Gasteiger partial charge >= 0.3 is 12.1 Å². The first kappa shape index (κ1) is 28.7. The molecule has 42 heavy (non-hydrogen) atoms. The zero-order valence-corrected chi connectivity index (χ0v) is 25.0. The minimum atomic E-state index is -2.71. The second kappa shape index (κ2) is 10.7. The Labute approximate surface area is 246 Å². The number of pyridine rings is 1. The summed E-state index contributed by atoms with van der Waals surface area (Å²) in [7, 11) is 0. The quantitative estimate of drug-likeness (QED) is 0.435. The van der Waals surface area contributed by atoms with Crippen molar-refractivity contribution in [1.82, 2.24) is 19.7 Å². The Hall–Kier alpha value is -3.43. The number of anilines is 1. The van der Waals surface area contributed by atoms with Gasteiger partial charge in [-0.3, -0.25) is 0 Å². The van der Waals surface area contributed by atoms with Crippen molar-refractivity contribution >= 4 is 17.9 Å². The number of urea groups is 1. The maximum absolute atomic E-state index is 13.8. The summed E-state index contributed by atoms with van der Waals surface area (Å²) in [6, 6.07) is 6.21. The molecule has 0 radical (unpaired) electrons. The molecule has 3 amide bonds. The average molecular weight is 582 g/mol. The Morgan fingerprint density at radius 1 is 1.02 bits per heavy atom. The minimum absolute atomic E-state index is 0.0641. The number of alkyl halides is 2. The SMILES string of the molecule is CC1CNc2ncc(-c3cc4c(c([C@@H]5CCCN5C(=O)OC(C)(C)C)c3)CN(C(=O)N3CCC(F)(F)CC3)CC4)cc21. The van der Waals surface area contributed by atoms with E-state index in [2.05, 4.69) is 30.4 Å². The first-order valence-corrected chi connectivity index (χ1v) is 15.2. The highest BCUT2D eigenvalue weighted by Crippen LogP contribution is 2.41. The van der Waals surface area contributed by atoms with Crippen LogP contribution in [0, 0.1) is 0 Å². The normalized spacial score (nSPS) is 23.3. The van der Waals surface area contributed by atoms with Crippen LogP contribution in [0.4, 0.5) is 24.2 Å². The van der Waals surface area contributed by atoms with E-state index in [-0.39, 0.29) is 44.1 Å². The van der Waals surface area contributed by atoms with Crippen LogP contribution in [0.25, 0.3) is 11.1 Å². The van der Waals surface area contributed by atoms with Crippen LogP contribution in [-0.4, -0.2) is 76.1 Å². The van der Waals surface area contributed by atoms with E-state index >= 15 is 0 Å². The molecule has 10 heteroatoms. The highest BCUT2D eigenvalue weighted by Gasteiger charge is 2.39. The molecule has 1 aromatic carbocycles. The van der Waals surface area contributed by atoms with Crippen LogP contribution >= 0.6 is 0 Å². The van der Waals surface area contributed by atoms with Crippen molar-refractivity contribution in [2.75, 3.05) is 38.0 Å². The molecule has 2 saturated heterocycles. The summed E-state index contributed by atoms with van der Waals surface area (Å²) in [4.78, 5) is 36.7. The molecule has 2 fully saturated rings. The number of nitrogens with one attached hydrogen (secondary N) is 1. The number of amides is 3. The van der Waals surface area contributed by atoms with Crippen LogP contribution in [0.15, 0.2) is 24.4 Å². The highest BCUT2D eigenvalue weighted by atomic mass is 19.3. The first-order chi connectivity index (χ1) is 19.9. The van der Waals surface area contributed by atoms with Gasteiger partial charge in [-0.25, -0.2) is 23.4 Å². The van der Waals surface area contributed by atoms with E-state index in [0.717, 1.165) is 53.0 Å². The number of halogens is 2.